The second-order valence-corrected chi connectivity index (χ2v) is 1.92. The van der Waals surface area contributed by atoms with Gasteiger partial charge in [0.15, 0.2) is 0 Å². The highest BCUT2D eigenvalue weighted by Gasteiger charge is 2.06. The van der Waals surface area contributed by atoms with Crippen LogP contribution < -0.4 is 5.73 Å². The van der Waals surface area contributed by atoms with Crippen molar-refractivity contribution in [2.24, 2.45) is 5.73 Å². The maximum Gasteiger partial charge on any atom is 0.322 e. The summed E-state index contributed by atoms with van der Waals surface area (Å²) >= 11 is 0. The van der Waals surface area contributed by atoms with E-state index in [9.17, 15) is 4.79 Å². The normalized spacial score (nSPS) is 11.2. The third kappa shape index (κ3) is 5.45. The first-order chi connectivity index (χ1) is 5.68. The van der Waals surface area contributed by atoms with E-state index in [1.165, 1.54) is 0 Å². The number of carboxylic acid groups (broad SMARTS) is 1. The minimum Gasteiger partial charge on any atom is -0.480 e. The van der Waals surface area contributed by atoms with Crippen LogP contribution in [-0.2, 0) is 4.79 Å². The number of rotatable bonds is 2. The van der Waals surface area contributed by atoms with Gasteiger partial charge in [0, 0.05) is 0 Å². The highest BCUT2D eigenvalue weighted by atomic mass is 16.4. The number of furan rings is 1. The van der Waals surface area contributed by atoms with Gasteiger partial charge in [0.25, 0.3) is 0 Å². The van der Waals surface area contributed by atoms with Crippen molar-refractivity contribution in [1.29, 1.82) is 0 Å². The molecule has 1 heterocycles. The van der Waals surface area contributed by atoms with Crippen molar-refractivity contribution in [1.82, 2.24) is 0 Å². The molecule has 1 rings (SSSR count). The summed E-state index contributed by atoms with van der Waals surface area (Å²) < 4.78 is 4.58. The van der Waals surface area contributed by atoms with E-state index in [0.717, 1.165) is 0 Å². The van der Waals surface area contributed by atoms with Gasteiger partial charge in [-0.25, -0.2) is 0 Å². The molecule has 5 nitrogen and oxygen atoms in total. The number of aliphatic hydroxyl groups is 1. The van der Waals surface area contributed by atoms with Crippen molar-refractivity contribution in [2.45, 2.75) is 6.04 Å². The molecule has 0 amide bonds. The van der Waals surface area contributed by atoms with Gasteiger partial charge in [-0.15, -0.1) is 0 Å². The summed E-state index contributed by atoms with van der Waals surface area (Å²) in [5.74, 6) is -1.18. The van der Waals surface area contributed by atoms with Gasteiger partial charge in [-0.2, -0.15) is 0 Å². The molecule has 0 fully saturated rings. The fourth-order valence-corrected chi connectivity index (χ4v) is 0.305. The first kappa shape index (κ1) is 10.7. The van der Waals surface area contributed by atoms with Crippen LogP contribution in [0.2, 0.25) is 0 Å². The van der Waals surface area contributed by atoms with Crippen molar-refractivity contribution in [3.05, 3.63) is 24.7 Å². The van der Waals surface area contributed by atoms with Gasteiger partial charge in [-0.3, -0.25) is 4.79 Å². The molecule has 5 heteroatoms. The molecule has 0 aliphatic heterocycles. The van der Waals surface area contributed by atoms with Gasteiger partial charge >= 0.3 is 5.97 Å². The fourth-order valence-electron chi connectivity index (χ4n) is 0.305. The highest BCUT2D eigenvalue weighted by Crippen LogP contribution is 1.79. The predicted octanol–water partition coefficient (Wildman–Crippen LogP) is -0.330. The number of nitrogens with two attached hydrogens (primary N) is 1. The molecule has 0 bridgehead atoms. The maximum atomic E-state index is 9.65. The summed E-state index contributed by atoms with van der Waals surface area (Å²) in [5, 5.41) is 15.9. The van der Waals surface area contributed by atoms with Crippen LogP contribution in [0.3, 0.4) is 0 Å². The Kier molecular flexibility index (Phi) is 5.68. The van der Waals surface area contributed by atoms with E-state index in [1.807, 2.05) is 12.1 Å². The molecular weight excluding hydrogens is 162 g/mol. The van der Waals surface area contributed by atoms with Crippen molar-refractivity contribution < 1.29 is 19.4 Å². The number of aliphatic hydroxyl groups excluding tert-OH is 1. The monoisotopic (exact) mass is 173 g/mol. The number of carbonyl (C=O) groups is 1. The molecule has 4 N–H and O–H groups in total. The van der Waals surface area contributed by atoms with E-state index in [2.05, 4.69) is 4.42 Å². The van der Waals surface area contributed by atoms with Crippen LogP contribution in [0.15, 0.2) is 29.1 Å². The van der Waals surface area contributed by atoms with Crippen LogP contribution in [0.25, 0.3) is 0 Å². The zero-order valence-electron chi connectivity index (χ0n) is 6.38. The quantitative estimate of drug-likeness (QED) is 0.569. The van der Waals surface area contributed by atoms with Gasteiger partial charge in [0.1, 0.15) is 6.04 Å². The molecule has 68 valence electrons. The summed E-state index contributed by atoms with van der Waals surface area (Å²) in [4.78, 5) is 9.65. The molecule has 0 aliphatic rings. The molecule has 0 radical (unpaired) electrons. The zero-order chi connectivity index (χ0) is 9.40. The third-order valence-corrected chi connectivity index (χ3v) is 0.939. The number of hydrogen-bond acceptors (Lipinski definition) is 4. The largest absolute Gasteiger partial charge is 0.480 e. The topological polar surface area (TPSA) is 96.7 Å². The van der Waals surface area contributed by atoms with E-state index < -0.39 is 18.6 Å². The molecule has 0 saturated heterocycles. The Morgan fingerprint density at radius 1 is 1.50 bits per heavy atom. The lowest BCUT2D eigenvalue weighted by Gasteiger charge is -1.96. The first-order valence-electron chi connectivity index (χ1n) is 3.25. The lowest BCUT2D eigenvalue weighted by Crippen LogP contribution is -2.33. The standard InChI is InChI=1S/C4H4O.C3H7NO3/c1-2-4-5-3-1;4-2(1-5)3(6)7/h1-4H;2,5H,1,4H2,(H,6,7)/t;2-/m.0/s1. The van der Waals surface area contributed by atoms with Crippen molar-refractivity contribution in [2.75, 3.05) is 6.61 Å². The lowest BCUT2D eigenvalue weighted by atomic mass is 10.3. The van der Waals surface area contributed by atoms with Gasteiger partial charge in [-0.05, 0) is 12.1 Å². The molecule has 12 heavy (non-hydrogen) atoms. The summed E-state index contributed by atoms with van der Waals surface area (Å²) in [6.45, 7) is -0.505. The molecule has 0 unspecified atom stereocenters. The summed E-state index contributed by atoms with van der Waals surface area (Å²) in [6, 6.07) is 2.54. The van der Waals surface area contributed by atoms with Crippen LogP contribution in [0.1, 0.15) is 0 Å². The van der Waals surface area contributed by atoms with E-state index in [4.69, 9.17) is 15.9 Å². The Hall–Kier alpha value is -1.33. The molecular formula is C7H11NO4. The van der Waals surface area contributed by atoms with E-state index in [-0.39, 0.29) is 0 Å². The second kappa shape index (κ2) is 6.38. The van der Waals surface area contributed by atoms with Crippen molar-refractivity contribution >= 4 is 5.97 Å². The Morgan fingerprint density at radius 2 is 2.00 bits per heavy atom. The zero-order valence-corrected chi connectivity index (χ0v) is 6.38. The molecule has 0 aromatic carbocycles. The smallest absolute Gasteiger partial charge is 0.322 e. The molecule has 0 spiro atoms. The SMILES string of the molecule is N[C@@H](CO)C(=O)O.c1ccoc1. The predicted molar refractivity (Wildman–Crippen MR) is 41.4 cm³/mol. The lowest BCUT2D eigenvalue weighted by molar-refractivity contribution is -0.139. The van der Waals surface area contributed by atoms with Crippen molar-refractivity contribution in [3.63, 3.8) is 0 Å². The minimum absolute atomic E-state index is 0.505. The van der Waals surface area contributed by atoms with Crippen molar-refractivity contribution in [3.8, 4) is 0 Å². The summed E-state index contributed by atoms with van der Waals surface area (Å²) in [5.41, 5.74) is 4.77. The average Bonchev–Trinajstić information content (AvgIpc) is 2.59. The van der Waals surface area contributed by atoms with E-state index in [0.29, 0.717) is 0 Å². The third-order valence-electron chi connectivity index (χ3n) is 0.939. The Bertz CT molecular complexity index is 180. The Morgan fingerprint density at radius 3 is 2.08 bits per heavy atom. The summed E-state index contributed by atoms with van der Waals surface area (Å²) in [7, 11) is 0. The first-order valence-corrected chi connectivity index (χ1v) is 3.25. The van der Waals surface area contributed by atoms with E-state index in [1.54, 1.807) is 12.5 Å². The van der Waals surface area contributed by atoms with Gasteiger partial charge < -0.3 is 20.4 Å². The van der Waals surface area contributed by atoms with Crippen LogP contribution >= 0.6 is 0 Å². The molecule has 0 saturated carbocycles. The number of hydrogen-bond donors (Lipinski definition) is 3. The maximum absolute atomic E-state index is 9.65. The van der Waals surface area contributed by atoms with Crippen LogP contribution in [0, 0.1) is 0 Å². The molecule has 0 aliphatic carbocycles. The van der Waals surface area contributed by atoms with Gasteiger partial charge in [-0.1, -0.05) is 0 Å². The summed E-state index contributed by atoms with van der Waals surface area (Å²) in [6.07, 6.45) is 3.25. The second-order valence-electron chi connectivity index (χ2n) is 1.92. The molecule has 1 aromatic rings. The minimum atomic E-state index is -1.18. The number of carboxylic acids is 1. The molecule has 1 atom stereocenters. The average molecular weight is 173 g/mol. The van der Waals surface area contributed by atoms with Crippen LogP contribution in [-0.4, -0.2) is 28.8 Å². The van der Waals surface area contributed by atoms with Gasteiger partial charge in [0.2, 0.25) is 0 Å². The van der Waals surface area contributed by atoms with E-state index >= 15 is 0 Å². The van der Waals surface area contributed by atoms with Crippen LogP contribution in [0.5, 0.6) is 0 Å². The van der Waals surface area contributed by atoms with Crippen LogP contribution in [0.4, 0.5) is 0 Å². The number of aliphatic carboxylic acids is 1. The Labute approximate surface area is 69.4 Å². The molecule has 1 aromatic heterocycles. The highest BCUT2D eigenvalue weighted by molar-refractivity contribution is 5.73. The fraction of sp³-hybridized carbons (Fsp3) is 0.286. The Balaban J connectivity index is 0.000000211. The van der Waals surface area contributed by atoms with Gasteiger partial charge in [0.05, 0.1) is 19.1 Å².